The summed E-state index contributed by atoms with van der Waals surface area (Å²) in [6.07, 6.45) is 16.7. The molecule has 0 aliphatic heterocycles. The summed E-state index contributed by atoms with van der Waals surface area (Å²) in [5.74, 6) is 0.249. The molecule has 0 atom stereocenters. The number of nitrogens with two attached hydrogens (primary N) is 1. The maximum Gasteiger partial charge on any atom is 0.220 e. The molecule has 1 amide bonds. The summed E-state index contributed by atoms with van der Waals surface area (Å²) in [6.45, 7) is 2.26. The maximum absolute atomic E-state index is 11.9. The maximum atomic E-state index is 11.9. The first-order valence-electron chi connectivity index (χ1n) is 9.27. The van der Waals surface area contributed by atoms with Crippen molar-refractivity contribution in [1.29, 1.82) is 0 Å². The highest BCUT2D eigenvalue weighted by Crippen LogP contribution is 2.17. The topological polar surface area (TPSA) is 55.1 Å². The number of rotatable bonds is 11. The Hall–Kier alpha value is -0.570. The van der Waals surface area contributed by atoms with Crippen molar-refractivity contribution in [3.8, 4) is 0 Å². The van der Waals surface area contributed by atoms with E-state index in [2.05, 4.69) is 12.2 Å². The zero-order valence-electron chi connectivity index (χ0n) is 14.0. The summed E-state index contributed by atoms with van der Waals surface area (Å²) in [6, 6.07) is 0.742. The highest BCUT2D eigenvalue weighted by Gasteiger charge is 2.19. The molecule has 3 N–H and O–H groups in total. The van der Waals surface area contributed by atoms with E-state index in [0.717, 1.165) is 32.1 Å². The lowest BCUT2D eigenvalue weighted by atomic mass is 9.92. The predicted octanol–water partition coefficient (Wildman–Crippen LogP) is 4.29. The smallest absolute Gasteiger partial charge is 0.220 e. The van der Waals surface area contributed by atoms with Crippen LogP contribution in [0.3, 0.4) is 0 Å². The summed E-state index contributed by atoms with van der Waals surface area (Å²) in [5, 5.41) is 3.17. The van der Waals surface area contributed by atoms with E-state index in [-0.39, 0.29) is 5.91 Å². The highest BCUT2D eigenvalue weighted by atomic mass is 16.1. The van der Waals surface area contributed by atoms with E-state index < -0.39 is 0 Å². The van der Waals surface area contributed by atoms with E-state index in [4.69, 9.17) is 5.73 Å². The monoisotopic (exact) mass is 296 g/mol. The van der Waals surface area contributed by atoms with Crippen molar-refractivity contribution >= 4 is 5.91 Å². The van der Waals surface area contributed by atoms with Gasteiger partial charge in [-0.3, -0.25) is 4.79 Å². The quantitative estimate of drug-likeness (QED) is 0.559. The minimum atomic E-state index is 0.249. The lowest BCUT2D eigenvalue weighted by Crippen LogP contribution is -2.40. The number of nitrogens with one attached hydrogen (secondary N) is 1. The molecule has 0 radical (unpaired) electrons. The van der Waals surface area contributed by atoms with Crippen molar-refractivity contribution in [1.82, 2.24) is 5.32 Å². The van der Waals surface area contributed by atoms with Crippen LogP contribution in [0.2, 0.25) is 0 Å². The van der Waals surface area contributed by atoms with Gasteiger partial charge in [0.1, 0.15) is 0 Å². The summed E-state index contributed by atoms with van der Waals surface area (Å²) in [5.41, 5.74) is 5.88. The Bertz CT molecular complexity index is 260. The van der Waals surface area contributed by atoms with Crippen molar-refractivity contribution < 1.29 is 4.79 Å². The molecule has 0 aromatic carbocycles. The number of hydrogen-bond acceptors (Lipinski definition) is 2. The molecule has 21 heavy (non-hydrogen) atoms. The van der Waals surface area contributed by atoms with Gasteiger partial charge in [0, 0.05) is 18.5 Å². The van der Waals surface area contributed by atoms with E-state index >= 15 is 0 Å². The van der Waals surface area contributed by atoms with E-state index in [1.807, 2.05) is 0 Å². The number of carbonyl (C=O) groups is 1. The molecule has 0 heterocycles. The molecule has 124 valence electrons. The van der Waals surface area contributed by atoms with Crippen molar-refractivity contribution in [2.45, 2.75) is 109 Å². The average molecular weight is 296 g/mol. The van der Waals surface area contributed by atoms with Crippen LogP contribution in [0.15, 0.2) is 0 Å². The Morgan fingerprint density at radius 1 is 0.905 bits per heavy atom. The Morgan fingerprint density at radius 3 is 2.00 bits per heavy atom. The lowest BCUT2D eigenvalue weighted by molar-refractivity contribution is -0.122. The first-order chi connectivity index (χ1) is 10.2. The second-order valence-corrected chi connectivity index (χ2v) is 6.76. The van der Waals surface area contributed by atoms with Crippen molar-refractivity contribution in [2.24, 2.45) is 5.73 Å². The van der Waals surface area contributed by atoms with Gasteiger partial charge in [0.15, 0.2) is 0 Å². The third-order valence-corrected chi connectivity index (χ3v) is 4.64. The SMILES string of the molecule is CCCCCCCCCCCC(=O)NC1CCC(N)CC1. The van der Waals surface area contributed by atoms with Crippen molar-refractivity contribution in [3.63, 3.8) is 0 Å². The predicted molar refractivity (Wildman–Crippen MR) is 90.2 cm³/mol. The number of unbranched alkanes of at least 4 members (excludes halogenated alkanes) is 8. The third-order valence-electron chi connectivity index (χ3n) is 4.64. The fourth-order valence-electron chi connectivity index (χ4n) is 3.16. The van der Waals surface area contributed by atoms with Gasteiger partial charge in [0.05, 0.1) is 0 Å². The fourth-order valence-corrected chi connectivity index (χ4v) is 3.16. The van der Waals surface area contributed by atoms with Crippen LogP contribution < -0.4 is 11.1 Å². The minimum absolute atomic E-state index is 0.249. The molecule has 1 aliphatic rings. The van der Waals surface area contributed by atoms with Crippen LogP contribution >= 0.6 is 0 Å². The van der Waals surface area contributed by atoms with E-state index in [1.54, 1.807) is 0 Å². The van der Waals surface area contributed by atoms with Crippen LogP contribution in [0.1, 0.15) is 96.8 Å². The van der Waals surface area contributed by atoms with Gasteiger partial charge in [-0.1, -0.05) is 58.3 Å². The summed E-state index contributed by atoms with van der Waals surface area (Å²) in [7, 11) is 0. The number of carbonyl (C=O) groups excluding carboxylic acids is 1. The van der Waals surface area contributed by atoms with Gasteiger partial charge in [0.2, 0.25) is 5.91 Å². The molecule has 0 spiro atoms. The lowest BCUT2D eigenvalue weighted by Gasteiger charge is -2.26. The summed E-state index contributed by atoms with van der Waals surface area (Å²) < 4.78 is 0. The summed E-state index contributed by atoms with van der Waals surface area (Å²) in [4.78, 5) is 11.9. The number of hydrogen-bond donors (Lipinski definition) is 2. The Balaban J connectivity index is 1.87. The van der Waals surface area contributed by atoms with Crippen LogP contribution in [-0.2, 0) is 4.79 Å². The van der Waals surface area contributed by atoms with Gasteiger partial charge < -0.3 is 11.1 Å². The second kappa shape index (κ2) is 12.0. The van der Waals surface area contributed by atoms with Crippen molar-refractivity contribution in [3.05, 3.63) is 0 Å². The third kappa shape index (κ3) is 9.89. The van der Waals surface area contributed by atoms with E-state index in [0.29, 0.717) is 18.5 Å². The van der Waals surface area contributed by atoms with Gasteiger partial charge in [-0.15, -0.1) is 0 Å². The molecule has 0 aromatic rings. The molecule has 1 fully saturated rings. The Labute approximate surface area is 131 Å². The highest BCUT2D eigenvalue weighted by molar-refractivity contribution is 5.76. The molecule has 0 saturated heterocycles. The molecular formula is C18H36N2O. The fraction of sp³-hybridized carbons (Fsp3) is 0.944. The van der Waals surface area contributed by atoms with Gasteiger partial charge in [-0.2, -0.15) is 0 Å². The number of amides is 1. The van der Waals surface area contributed by atoms with Gasteiger partial charge in [-0.25, -0.2) is 0 Å². The normalized spacial score (nSPS) is 22.2. The minimum Gasteiger partial charge on any atom is -0.353 e. The Morgan fingerprint density at radius 2 is 1.43 bits per heavy atom. The van der Waals surface area contributed by atoms with Crippen molar-refractivity contribution in [2.75, 3.05) is 0 Å². The molecule has 1 rings (SSSR count). The largest absolute Gasteiger partial charge is 0.353 e. The van der Waals surface area contributed by atoms with Crippen LogP contribution in [0.5, 0.6) is 0 Å². The van der Waals surface area contributed by atoms with Crippen LogP contribution in [0.25, 0.3) is 0 Å². The van der Waals surface area contributed by atoms with Gasteiger partial charge >= 0.3 is 0 Å². The molecule has 3 nitrogen and oxygen atoms in total. The zero-order valence-corrected chi connectivity index (χ0v) is 14.0. The van der Waals surface area contributed by atoms with E-state index in [1.165, 1.54) is 51.4 Å². The molecular weight excluding hydrogens is 260 g/mol. The first kappa shape index (κ1) is 18.5. The molecule has 0 unspecified atom stereocenters. The first-order valence-corrected chi connectivity index (χ1v) is 9.27. The van der Waals surface area contributed by atoms with Gasteiger partial charge in [0.25, 0.3) is 0 Å². The molecule has 3 heteroatoms. The molecule has 0 aromatic heterocycles. The average Bonchev–Trinajstić information content (AvgIpc) is 2.48. The molecule has 1 aliphatic carbocycles. The summed E-state index contributed by atoms with van der Waals surface area (Å²) >= 11 is 0. The Kier molecular flexibility index (Phi) is 10.6. The molecule has 1 saturated carbocycles. The standard InChI is InChI=1S/C18H36N2O/c1-2-3-4-5-6-7-8-9-10-11-18(21)20-17-14-12-16(19)13-15-17/h16-17H,2-15,19H2,1H3,(H,20,21). The zero-order chi connectivity index (χ0) is 15.3. The van der Waals surface area contributed by atoms with E-state index in [9.17, 15) is 4.79 Å². The van der Waals surface area contributed by atoms with Crippen LogP contribution in [0.4, 0.5) is 0 Å². The molecule has 0 bridgehead atoms. The second-order valence-electron chi connectivity index (χ2n) is 6.76. The van der Waals surface area contributed by atoms with Gasteiger partial charge in [-0.05, 0) is 32.1 Å². The van der Waals surface area contributed by atoms with Crippen LogP contribution in [-0.4, -0.2) is 18.0 Å². The van der Waals surface area contributed by atoms with Crippen LogP contribution in [0, 0.1) is 0 Å².